The summed E-state index contributed by atoms with van der Waals surface area (Å²) in [5.41, 5.74) is 6.80. The lowest BCUT2D eigenvalue weighted by molar-refractivity contribution is 0.382. The summed E-state index contributed by atoms with van der Waals surface area (Å²) in [5.74, 6) is 0.326. The monoisotopic (exact) mass is 386 g/mol. The molecule has 1 saturated heterocycles. The largest absolute Gasteiger partial charge is 0.368 e. The maximum Gasteiger partial charge on any atom is 0.292 e. The minimum atomic E-state index is -0.393. The maximum atomic E-state index is 12.6. The average molecular weight is 388 g/mol. The van der Waals surface area contributed by atoms with Gasteiger partial charge in [0.05, 0.1) is 27.6 Å². The number of hydrogen-bond donors (Lipinski definition) is 1. The maximum absolute atomic E-state index is 12.6. The molecule has 5 nitrogen and oxygen atoms in total. The number of nitrogens with zero attached hydrogens (tertiary/aromatic N) is 3. The van der Waals surface area contributed by atoms with E-state index in [1.54, 1.807) is 24.4 Å². The first kappa shape index (κ1) is 17.5. The summed E-state index contributed by atoms with van der Waals surface area (Å²) in [6.45, 7) is 3.59. The zero-order valence-corrected chi connectivity index (χ0v) is 15.3. The van der Waals surface area contributed by atoms with Gasteiger partial charge < -0.3 is 10.6 Å². The van der Waals surface area contributed by atoms with Crippen LogP contribution in [0.25, 0.3) is 5.69 Å². The number of piperidine rings is 1. The molecule has 2 atom stereocenters. The van der Waals surface area contributed by atoms with Gasteiger partial charge in [0.25, 0.3) is 5.56 Å². The second kappa shape index (κ2) is 6.92. The van der Waals surface area contributed by atoms with Gasteiger partial charge in [-0.1, -0.05) is 41.7 Å². The van der Waals surface area contributed by atoms with Gasteiger partial charge in [0.1, 0.15) is 5.02 Å². The van der Waals surface area contributed by atoms with Crippen molar-refractivity contribution in [3.05, 3.63) is 49.8 Å². The molecule has 128 valence electrons. The summed E-state index contributed by atoms with van der Waals surface area (Å²) in [5, 5.41) is 5.14. The first-order chi connectivity index (χ1) is 11.4. The van der Waals surface area contributed by atoms with E-state index in [1.807, 2.05) is 0 Å². The first-order valence-electron chi connectivity index (χ1n) is 7.62. The molecule has 2 unspecified atom stereocenters. The van der Waals surface area contributed by atoms with Crippen molar-refractivity contribution in [1.29, 1.82) is 0 Å². The lowest BCUT2D eigenvalue weighted by Crippen LogP contribution is -2.46. The molecule has 2 heterocycles. The van der Waals surface area contributed by atoms with Gasteiger partial charge >= 0.3 is 0 Å². The number of hydrogen-bond acceptors (Lipinski definition) is 4. The highest BCUT2D eigenvalue weighted by Crippen LogP contribution is 2.28. The van der Waals surface area contributed by atoms with E-state index < -0.39 is 5.56 Å². The predicted octanol–water partition coefficient (Wildman–Crippen LogP) is 3.37. The van der Waals surface area contributed by atoms with Crippen LogP contribution in [-0.2, 0) is 0 Å². The molecule has 0 amide bonds. The summed E-state index contributed by atoms with van der Waals surface area (Å²) in [6, 6.07) is 5.03. The van der Waals surface area contributed by atoms with Crippen molar-refractivity contribution >= 4 is 40.5 Å². The van der Waals surface area contributed by atoms with Crippen LogP contribution in [0.3, 0.4) is 0 Å². The van der Waals surface area contributed by atoms with Crippen molar-refractivity contribution < 1.29 is 0 Å². The van der Waals surface area contributed by atoms with E-state index >= 15 is 0 Å². The molecule has 1 aromatic heterocycles. The zero-order valence-electron chi connectivity index (χ0n) is 13.0. The van der Waals surface area contributed by atoms with Crippen LogP contribution in [0.1, 0.15) is 13.3 Å². The van der Waals surface area contributed by atoms with E-state index in [9.17, 15) is 4.79 Å². The molecule has 2 aromatic rings. The first-order valence-corrected chi connectivity index (χ1v) is 8.75. The molecule has 1 aromatic carbocycles. The van der Waals surface area contributed by atoms with Gasteiger partial charge in [-0.25, -0.2) is 0 Å². The van der Waals surface area contributed by atoms with E-state index in [4.69, 9.17) is 40.5 Å². The third kappa shape index (κ3) is 3.26. The molecule has 0 aliphatic carbocycles. The molecule has 1 aliphatic heterocycles. The van der Waals surface area contributed by atoms with E-state index in [1.165, 1.54) is 4.68 Å². The number of aromatic nitrogens is 2. The second-order valence-electron chi connectivity index (χ2n) is 6.03. The smallest absolute Gasteiger partial charge is 0.292 e. The summed E-state index contributed by atoms with van der Waals surface area (Å²) in [6.07, 6.45) is 2.46. The average Bonchev–Trinajstić information content (AvgIpc) is 2.55. The Hall–Kier alpha value is -1.27. The molecule has 0 spiro atoms. The normalized spacial score (nSPS) is 21.1. The number of anilines is 1. The van der Waals surface area contributed by atoms with Crippen molar-refractivity contribution in [1.82, 2.24) is 9.78 Å². The number of rotatable bonds is 2. The summed E-state index contributed by atoms with van der Waals surface area (Å²) < 4.78 is 1.22. The Labute approximate surface area is 154 Å². The lowest BCUT2D eigenvalue weighted by atomic mass is 9.94. The number of nitrogens with two attached hydrogens (primary N) is 1. The van der Waals surface area contributed by atoms with Gasteiger partial charge in [-0.3, -0.25) is 4.79 Å². The minimum absolute atomic E-state index is 0.138. The summed E-state index contributed by atoms with van der Waals surface area (Å²) in [4.78, 5) is 14.7. The molecule has 0 bridgehead atoms. The fourth-order valence-corrected chi connectivity index (χ4v) is 3.37. The Kier molecular flexibility index (Phi) is 5.06. The van der Waals surface area contributed by atoms with Crippen molar-refractivity contribution in [2.75, 3.05) is 18.0 Å². The molecule has 3 rings (SSSR count). The van der Waals surface area contributed by atoms with Gasteiger partial charge in [-0.05, 0) is 30.5 Å². The standard InChI is InChI=1S/C16H17Cl3N4O/c1-9-8-22(5-4-13(9)20)14-7-21-23(16(24)15(14)19)10-2-3-11(17)12(18)6-10/h2-3,6-7,9,13H,4-5,8,20H2,1H3. The number of halogens is 3. The SMILES string of the molecule is CC1CN(c2cnn(-c3ccc(Cl)c(Cl)c3)c(=O)c2Cl)CCC1N. The molecular formula is C16H17Cl3N4O. The number of benzene rings is 1. The van der Waals surface area contributed by atoms with Crippen LogP contribution in [0.15, 0.2) is 29.2 Å². The van der Waals surface area contributed by atoms with Crippen LogP contribution >= 0.6 is 34.8 Å². The molecule has 8 heteroatoms. The van der Waals surface area contributed by atoms with Crippen molar-refractivity contribution in [3.63, 3.8) is 0 Å². The van der Waals surface area contributed by atoms with E-state index in [0.29, 0.717) is 27.3 Å². The second-order valence-corrected chi connectivity index (χ2v) is 7.23. The van der Waals surface area contributed by atoms with Crippen LogP contribution in [-0.4, -0.2) is 28.9 Å². The van der Waals surface area contributed by atoms with E-state index in [-0.39, 0.29) is 11.1 Å². The van der Waals surface area contributed by atoms with Crippen molar-refractivity contribution in [3.8, 4) is 5.69 Å². The Bertz CT molecular complexity index is 823. The highest BCUT2D eigenvalue weighted by atomic mass is 35.5. The van der Waals surface area contributed by atoms with Crippen molar-refractivity contribution in [2.24, 2.45) is 11.7 Å². The fraction of sp³-hybridized carbons (Fsp3) is 0.375. The van der Waals surface area contributed by atoms with Crippen LogP contribution < -0.4 is 16.2 Å². The molecular weight excluding hydrogens is 371 g/mol. The molecule has 24 heavy (non-hydrogen) atoms. The van der Waals surface area contributed by atoms with Gasteiger partial charge in [0.2, 0.25) is 0 Å². The molecule has 0 radical (unpaired) electrons. The highest BCUT2D eigenvalue weighted by Gasteiger charge is 2.26. The summed E-state index contributed by atoms with van der Waals surface area (Å²) in [7, 11) is 0. The molecule has 0 saturated carbocycles. The Morgan fingerprint density at radius 2 is 2.00 bits per heavy atom. The molecule has 1 fully saturated rings. The Balaban J connectivity index is 1.97. The van der Waals surface area contributed by atoms with Gasteiger partial charge in [-0.15, -0.1) is 0 Å². The zero-order chi connectivity index (χ0) is 17.4. The third-order valence-corrected chi connectivity index (χ3v) is 5.45. The van der Waals surface area contributed by atoms with Crippen molar-refractivity contribution in [2.45, 2.75) is 19.4 Å². The Morgan fingerprint density at radius 1 is 1.25 bits per heavy atom. The minimum Gasteiger partial charge on any atom is -0.368 e. The Morgan fingerprint density at radius 3 is 2.67 bits per heavy atom. The van der Waals surface area contributed by atoms with Crippen LogP contribution in [0.4, 0.5) is 5.69 Å². The molecule has 2 N–H and O–H groups in total. The van der Waals surface area contributed by atoms with Crippen LogP contribution in [0.5, 0.6) is 0 Å². The van der Waals surface area contributed by atoms with Gasteiger partial charge in [0, 0.05) is 19.1 Å². The van der Waals surface area contributed by atoms with Gasteiger partial charge in [0.15, 0.2) is 0 Å². The molecule has 1 aliphatic rings. The highest BCUT2D eigenvalue weighted by molar-refractivity contribution is 6.42. The van der Waals surface area contributed by atoms with E-state index in [0.717, 1.165) is 19.5 Å². The fourth-order valence-electron chi connectivity index (χ4n) is 2.83. The predicted molar refractivity (Wildman–Crippen MR) is 98.8 cm³/mol. The summed E-state index contributed by atoms with van der Waals surface area (Å²) >= 11 is 18.3. The van der Waals surface area contributed by atoms with E-state index in [2.05, 4.69) is 16.9 Å². The van der Waals surface area contributed by atoms with Crippen LogP contribution in [0.2, 0.25) is 15.1 Å². The van der Waals surface area contributed by atoms with Gasteiger partial charge in [-0.2, -0.15) is 9.78 Å². The topological polar surface area (TPSA) is 64.2 Å². The lowest BCUT2D eigenvalue weighted by Gasteiger charge is -2.36. The quantitative estimate of drug-likeness (QED) is 0.858. The third-order valence-electron chi connectivity index (χ3n) is 4.36. The van der Waals surface area contributed by atoms with Crippen LogP contribution in [0, 0.1) is 5.92 Å².